The maximum Gasteiger partial charge on any atom is 0.253 e. The fourth-order valence-electron chi connectivity index (χ4n) is 2.62. The summed E-state index contributed by atoms with van der Waals surface area (Å²) in [5.74, 6) is 0.150. The Hall–Kier alpha value is -0.830. The lowest BCUT2D eigenvalue weighted by molar-refractivity contribution is 0.0696. The SMILES string of the molecule is Cc1cc(C(=O)N(C)C2CCCCC2)ccc1Br. The van der Waals surface area contributed by atoms with Gasteiger partial charge in [-0.2, -0.15) is 0 Å². The number of carbonyl (C=O) groups excluding carboxylic acids is 1. The van der Waals surface area contributed by atoms with Gasteiger partial charge in [0.1, 0.15) is 0 Å². The highest BCUT2D eigenvalue weighted by molar-refractivity contribution is 9.10. The van der Waals surface area contributed by atoms with E-state index in [1.54, 1.807) is 0 Å². The Kier molecular flexibility index (Phi) is 4.44. The predicted octanol–water partition coefficient (Wildman–Crippen LogP) is 4.16. The number of nitrogens with zero attached hydrogens (tertiary/aromatic N) is 1. The molecule has 0 bridgehead atoms. The summed E-state index contributed by atoms with van der Waals surface area (Å²) in [6.45, 7) is 2.02. The average Bonchev–Trinajstić information content (AvgIpc) is 2.41. The molecule has 0 radical (unpaired) electrons. The maximum atomic E-state index is 12.4. The summed E-state index contributed by atoms with van der Waals surface area (Å²) < 4.78 is 1.05. The molecule has 1 aliphatic rings. The van der Waals surface area contributed by atoms with Crippen LogP contribution in [0.15, 0.2) is 22.7 Å². The molecule has 98 valence electrons. The van der Waals surface area contributed by atoms with Crippen LogP contribution in [0, 0.1) is 6.92 Å². The number of hydrogen-bond acceptors (Lipinski definition) is 1. The Morgan fingerprint density at radius 1 is 1.28 bits per heavy atom. The van der Waals surface area contributed by atoms with Crippen molar-refractivity contribution >= 4 is 21.8 Å². The van der Waals surface area contributed by atoms with E-state index < -0.39 is 0 Å². The number of amides is 1. The fourth-order valence-corrected chi connectivity index (χ4v) is 2.86. The molecule has 1 fully saturated rings. The van der Waals surface area contributed by atoms with Crippen molar-refractivity contribution in [1.82, 2.24) is 4.90 Å². The van der Waals surface area contributed by atoms with Gasteiger partial charge in [0.2, 0.25) is 0 Å². The van der Waals surface area contributed by atoms with Gasteiger partial charge >= 0.3 is 0 Å². The minimum Gasteiger partial charge on any atom is -0.339 e. The second-order valence-electron chi connectivity index (χ2n) is 5.17. The van der Waals surface area contributed by atoms with Gasteiger partial charge in [0.15, 0.2) is 0 Å². The average molecular weight is 310 g/mol. The van der Waals surface area contributed by atoms with Gasteiger partial charge in [-0.1, -0.05) is 35.2 Å². The molecule has 18 heavy (non-hydrogen) atoms. The second kappa shape index (κ2) is 5.87. The molecule has 0 aromatic heterocycles. The maximum absolute atomic E-state index is 12.4. The Bertz CT molecular complexity index is 438. The lowest BCUT2D eigenvalue weighted by Gasteiger charge is -2.31. The van der Waals surface area contributed by atoms with Gasteiger partial charge in [0.05, 0.1) is 0 Å². The van der Waals surface area contributed by atoms with E-state index in [4.69, 9.17) is 0 Å². The molecule has 3 heteroatoms. The smallest absolute Gasteiger partial charge is 0.253 e. The standard InChI is InChI=1S/C15H20BrNO/c1-11-10-12(8-9-14(11)16)15(18)17(2)13-6-4-3-5-7-13/h8-10,13H,3-7H2,1-2H3. The van der Waals surface area contributed by atoms with Gasteiger partial charge in [-0.15, -0.1) is 0 Å². The first-order valence-corrected chi connectivity index (χ1v) is 7.42. The van der Waals surface area contributed by atoms with Crippen LogP contribution in [0.5, 0.6) is 0 Å². The third-order valence-corrected chi connectivity index (χ3v) is 4.74. The molecule has 0 atom stereocenters. The molecule has 0 N–H and O–H groups in total. The van der Waals surface area contributed by atoms with Crippen molar-refractivity contribution in [3.8, 4) is 0 Å². The largest absolute Gasteiger partial charge is 0.339 e. The second-order valence-corrected chi connectivity index (χ2v) is 6.03. The van der Waals surface area contributed by atoms with E-state index in [9.17, 15) is 4.79 Å². The monoisotopic (exact) mass is 309 g/mol. The van der Waals surface area contributed by atoms with E-state index >= 15 is 0 Å². The quantitative estimate of drug-likeness (QED) is 0.803. The van der Waals surface area contributed by atoms with Crippen LogP contribution in [0.4, 0.5) is 0 Å². The number of benzene rings is 1. The first-order chi connectivity index (χ1) is 8.59. The molecule has 0 spiro atoms. The summed E-state index contributed by atoms with van der Waals surface area (Å²) in [7, 11) is 1.94. The van der Waals surface area contributed by atoms with Crippen molar-refractivity contribution in [2.75, 3.05) is 7.05 Å². The summed E-state index contributed by atoms with van der Waals surface area (Å²) >= 11 is 3.47. The number of carbonyl (C=O) groups is 1. The van der Waals surface area contributed by atoms with Gasteiger partial charge in [-0.25, -0.2) is 0 Å². The summed E-state index contributed by atoms with van der Waals surface area (Å²) in [5, 5.41) is 0. The highest BCUT2D eigenvalue weighted by Crippen LogP contribution is 2.24. The van der Waals surface area contributed by atoms with Crippen molar-refractivity contribution in [3.05, 3.63) is 33.8 Å². The van der Waals surface area contributed by atoms with Crippen LogP contribution >= 0.6 is 15.9 Å². The summed E-state index contributed by atoms with van der Waals surface area (Å²) in [6, 6.07) is 6.25. The molecular weight excluding hydrogens is 290 g/mol. The molecule has 1 aromatic carbocycles. The van der Waals surface area contributed by atoms with E-state index in [2.05, 4.69) is 15.9 Å². The third kappa shape index (κ3) is 2.94. The van der Waals surface area contributed by atoms with Crippen LogP contribution in [0.1, 0.15) is 48.0 Å². The van der Waals surface area contributed by atoms with Crippen LogP contribution in [-0.4, -0.2) is 23.9 Å². The normalized spacial score (nSPS) is 16.6. The molecule has 2 nitrogen and oxygen atoms in total. The van der Waals surface area contributed by atoms with E-state index in [-0.39, 0.29) is 5.91 Å². The summed E-state index contributed by atoms with van der Waals surface area (Å²) in [6.07, 6.45) is 6.12. The molecule has 0 unspecified atom stereocenters. The molecular formula is C15H20BrNO. The number of hydrogen-bond donors (Lipinski definition) is 0. The molecule has 0 heterocycles. The minimum absolute atomic E-state index is 0.150. The Labute approximate surface area is 117 Å². The summed E-state index contributed by atoms with van der Waals surface area (Å²) in [5.41, 5.74) is 1.90. The van der Waals surface area contributed by atoms with Gasteiger partial charge in [-0.3, -0.25) is 4.79 Å². The van der Waals surface area contributed by atoms with Crippen molar-refractivity contribution in [2.24, 2.45) is 0 Å². The van der Waals surface area contributed by atoms with Crippen LogP contribution in [0.2, 0.25) is 0 Å². The predicted molar refractivity (Wildman–Crippen MR) is 77.8 cm³/mol. The van der Waals surface area contributed by atoms with Gasteiger partial charge in [0.25, 0.3) is 5.91 Å². The highest BCUT2D eigenvalue weighted by atomic mass is 79.9. The summed E-state index contributed by atoms with van der Waals surface area (Å²) in [4.78, 5) is 14.4. The number of halogens is 1. The topological polar surface area (TPSA) is 20.3 Å². The van der Waals surface area contributed by atoms with Gasteiger partial charge in [0, 0.05) is 23.1 Å². The lowest BCUT2D eigenvalue weighted by Crippen LogP contribution is -2.38. The molecule has 1 saturated carbocycles. The molecule has 1 aromatic rings. The number of rotatable bonds is 2. The first kappa shape index (κ1) is 13.6. The fraction of sp³-hybridized carbons (Fsp3) is 0.533. The van der Waals surface area contributed by atoms with Crippen LogP contribution < -0.4 is 0 Å². The zero-order valence-corrected chi connectivity index (χ0v) is 12.7. The molecule has 0 aliphatic heterocycles. The molecule has 0 saturated heterocycles. The zero-order chi connectivity index (χ0) is 13.1. The van der Waals surface area contributed by atoms with Crippen LogP contribution in [-0.2, 0) is 0 Å². The van der Waals surface area contributed by atoms with Crippen molar-refractivity contribution in [2.45, 2.75) is 45.1 Å². The molecule has 1 aliphatic carbocycles. The Morgan fingerprint density at radius 2 is 1.94 bits per heavy atom. The van der Waals surface area contributed by atoms with Crippen molar-refractivity contribution < 1.29 is 4.79 Å². The third-order valence-electron chi connectivity index (χ3n) is 3.85. The zero-order valence-electron chi connectivity index (χ0n) is 11.1. The Morgan fingerprint density at radius 3 is 2.56 bits per heavy atom. The molecule has 2 rings (SSSR count). The highest BCUT2D eigenvalue weighted by Gasteiger charge is 2.22. The van der Waals surface area contributed by atoms with Crippen molar-refractivity contribution in [1.29, 1.82) is 0 Å². The lowest BCUT2D eigenvalue weighted by atomic mass is 9.94. The van der Waals surface area contributed by atoms with Crippen LogP contribution in [0.3, 0.4) is 0 Å². The van der Waals surface area contributed by atoms with E-state index in [1.807, 2.05) is 37.1 Å². The van der Waals surface area contributed by atoms with Crippen molar-refractivity contribution in [3.63, 3.8) is 0 Å². The Balaban J connectivity index is 2.11. The van der Waals surface area contributed by atoms with Gasteiger partial charge < -0.3 is 4.90 Å². The van der Waals surface area contributed by atoms with E-state index in [0.717, 1.165) is 28.4 Å². The minimum atomic E-state index is 0.150. The van der Waals surface area contributed by atoms with E-state index in [1.165, 1.54) is 19.3 Å². The number of aryl methyl sites for hydroxylation is 1. The van der Waals surface area contributed by atoms with Gasteiger partial charge in [-0.05, 0) is 43.5 Å². The first-order valence-electron chi connectivity index (χ1n) is 6.63. The molecule has 1 amide bonds. The van der Waals surface area contributed by atoms with E-state index in [0.29, 0.717) is 6.04 Å². The van der Waals surface area contributed by atoms with Crippen LogP contribution in [0.25, 0.3) is 0 Å².